The van der Waals surface area contributed by atoms with Crippen LogP contribution in [0.1, 0.15) is 17.5 Å². The highest BCUT2D eigenvalue weighted by Crippen LogP contribution is 2.51. The molecule has 0 spiro atoms. The Morgan fingerprint density at radius 3 is 2.50 bits per heavy atom. The van der Waals surface area contributed by atoms with Crippen LogP contribution >= 0.6 is 0 Å². The lowest BCUT2D eigenvalue weighted by Gasteiger charge is -2.28. The number of rotatable bonds is 7. The first-order valence-electron chi connectivity index (χ1n) is 9.26. The number of fused-ring (bicyclic) bond motifs is 1. The molecule has 0 radical (unpaired) electrons. The van der Waals surface area contributed by atoms with E-state index in [2.05, 4.69) is 35.2 Å². The monoisotopic (exact) mass is 351 g/mol. The largest absolute Gasteiger partial charge is 0.493 e. The lowest BCUT2D eigenvalue weighted by atomic mass is 10.0. The molecule has 1 saturated carbocycles. The van der Waals surface area contributed by atoms with E-state index < -0.39 is 0 Å². The summed E-state index contributed by atoms with van der Waals surface area (Å²) in [5.74, 6) is 2.64. The van der Waals surface area contributed by atoms with Crippen molar-refractivity contribution in [3.05, 3.63) is 59.7 Å². The quantitative estimate of drug-likeness (QED) is 0.768. The molecule has 1 amide bonds. The van der Waals surface area contributed by atoms with Gasteiger partial charge in [-0.3, -0.25) is 4.79 Å². The van der Waals surface area contributed by atoms with E-state index in [0.717, 1.165) is 42.9 Å². The normalized spacial score (nSPS) is 23.7. The second kappa shape index (κ2) is 7.02. The van der Waals surface area contributed by atoms with Crippen LogP contribution in [0, 0.1) is 11.8 Å². The summed E-state index contributed by atoms with van der Waals surface area (Å²) >= 11 is 0. The van der Waals surface area contributed by atoms with Crippen LogP contribution in [-0.2, 0) is 17.6 Å². The number of piperidine rings is 1. The summed E-state index contributed by atoms with van der Waals surface area (Å²) in [5.41, 5.74) is 2.48. The van der Waals surface area contributed by atoms with E-state index in [0.29, 0.717) is 17.9 Å². The third-order valence-electron chi connectivity index (χ3n) is 5.71. The Labute approximate surface area is 154 Å². The fraction of sp³-hybridized carbons (Fsp3) is 0.409. The minimum absolute atomic E-state index is 0.272. The smallest absolute Gasteiger partial charge is 0.226 e. The van der Waals surface area contributed by atoms with Gasteiger partial charge in [0.15, 0.2) is 11.5 Å². The van der Waals surface area contributed by atoms with Crippen molar-refractivity contribution in [2.75, 3.05) is 20.8 Å². The molecule has 2 aromatic carbocycles. The first kappa shape index (κ1) is 17.0. The molecule has 1 saturated heterocycles. The number of methoxy groups -OCH3 is 2. The predicted octanol–water partition coefficient (Wildman–Crippen LogP) is 3.34. The lowest BCUT2D eigenvalue weighted by molar-refractivity contribution is -0.131. The molecule has 1 aliphatic carbocycles. The number of carbonyl (C=O) groups excluding carboxylic acids is 1. The van der Waals surface area contributed by atoms with Gasteiger partial charge in [-0.1, -0.05) is 36.4 Å². The van der Waals surface area contributed by atoms with Crippen molar-refractivity contribution in [3.63, 3.8) is 0 Å². The Balaban J connectivity index is 1.45. The molecule has 1 aliphatic heterocycles. The molecule has 0 unspecified atom stereocenters. The van der Waals surface area contributed by atoms with Crippen molar-refractivity contribution in [1.82, 2.24) is 4.90 Å². The Bertz CT molecular complexity index is 789. The maximum atomic E-state index is 12.7. The molecular weight excluding hydrogens is 326 g/mol. The van der Waals surface area contributed by atoms with E-state index in [1.165, 1.54) is 5.56 Å². The van der Waals surface area contributed by atoms with Crippen LogP contribution in [0.5, 0.6) is 11.5 Å². The zero-order valence-corrected chi connectivity index (χ0v) is 15.4. The summed E-state index contributed by atoms with van der Waals surface area (Å²) in [5, 5.41) is 0. The second-order valence-corrected chi connectivity index (χ2v) is 7.23. The minimum atomic E-state index is 0.272. The lowest BCUT2D eigenvalue weighted by Crippen LogP contribution is -2.39. The van der Waals surface area contributed by atoms with E-state index >= 15 is 0 Å². The highest BCUT2D eigenvalue weighted by Gasteiger charge is 2.57. The number of nitrogens with zero attached hydrogens (tertiary/aromatic N) is 1. The van der Waals surface area contributed by atoms with Gasteiger partial charge in [0.1, 0.15) is 0 Å². The third kappa shape index (κ3) is 3.16. The number of likely N-dealkylation sites (tertiary alicyclic amines) is 1. The highest BCUT2D eigenvalue weighted by molar-refractivity contribution is 5.85. The maximum Gasteiger partial charge on any atom is 0.226 e. The Hall–Kier alpha value is -2.49. The topological polar surface area (TPSA) is 38.8 Å². The van der Waals surface area contributed by atoms with E-state index in [1.54, 1.807) is 14.2 Å². The average Bonchev–Trinajstić information content (AvgIpc) is 3.43. The number of amides is 1. The Kier molecular flexibility index (Phi) is 4.58. The molecule has 2 aliphatic rings. The van der Waals surface area contributed by atoms with Crippen molar-refractivity contribution in [1.29, 1.82) is 0 Å². The predicted molar refractivity (Wildman–Crippen MR) is 100 cm³/mol. The fourth-order valence-corrected chi connectivity index (χ4v) is 4.21. The Morgan fingerprint density at radius 1 is 1.00 bits per heavy atom. The second-order valence-electron chi connectivity index (χ2n) is 7.23. The SMILES string of the molecule is COc1ccc(CCN2C(=O)[C@@H]3C[C@@H]3[C@@H]2Cc2ccccc2)cc1OC. The van der Waals surface area contributed by atoms with Crippen LogP contribution in [0.3, 0.4) is 0 Å². The van der Waals surface area contributed by atoms with E-state index in [9.17, 15) is 4.79 Å². The van der Waals surface area contributed by atoms with E-state index in [-0.39, 0.29) is 5.92 Å². The van der Waals surface area contributed by atoms with Gasteiger partial charge in [0.25, 0.3) is 0 Å². The molecule has 2 aromatic rings. The van der Waals surface area contributed by atoms with Crippen molar-refractivity contribution in [3.8, 4) is 11.5 Å². The maximum absolute atomic E-state index is 12.7. The van der Waals surface area contributed by atoms with Crippen LogP contribution in [0.4, 0.5) is 0 Å². The molecule has 26 heavy (non-hydrogen) atoms. The zero-order chi connectivity index (χ0) is 18.1. The molecule has 0 N–H and O–H groups in total. The van der Waals surface area contributed by atoms with Crippen molar-refractivity contribution < 1.29 is 14.3 Å². The van der Waals surface area contributed by atoms with Gasteiger partial charge in [0, 0.05) is 18.5 Å². The molecule has 3 atom stereocenters. The number of hydrogen-bond donors (Lipinski definition) is 0. The standard InChI is InChI=1S/C22H25NO3/c1-25-20-9-8-16(13-21(20)26-2)10-11-23-19(17-14-18(17)22(23)24)12-15-6-4-3-5-7-15/h3-9,13,17-19H,10-12,14H2,1-2H3/t17-,18+,19-/m0/s1. The molecule has 2 fully saturated rings. The summed E-state index contributed by atoms with van der Waals surface area (Å²) in [6.45, 7) is 0.763. The molecule has 0 bridgehead atoms. The van der Waals surface area contributed by atoms with E-state index in [1.807, 2.05) is 18.2 Å². The average molecular weight is 351 g/mol. The van der Waals surface area contributed by atoms with Crippen molar-refractivity contribution >= 4 is 5.91 Å². The summed E-state index contributed by atoms with van der Waals surface area (Å²) < 4.78 is 10.7. The summed E-state index contributed by atoms with van der Waals surface area (Å²) in [6, 6.07) is 16.8. The van der Waals surface area contributed by atoms with Gasteiger partial charge in [-0.15, -0.1) is 0 Å². The summed E-state index contributed by atoms with van der Waals surface area (Å²) in [6.07, 6.45) is 2.86. The molecular formula is C22H25NO3. The molecule has 1 heterocycles. The fourth-order valence-electron chi connectivity index (χ4n) is 4.21. The van der Waals surface area contributed by atoms with Crippen LogP contribution in [0.15, 0.2) is 48.5 Å². The highest BCUT2D eigenvalue weighted by atomic mass is 16.5. The third-order valence-corrected chi connectivity index (χ3v) is 5.71. The molecule has 4 rings (SSSR count). The van der Waals surface area contributed by atoms with Crippen LogP contribution in [0.25, 0.3) is 0 Å². The van der Waals surface area contributed by atoms with Gasteiger partial charge in [0.05, 0.1) is 14.2 Å². The van der Waals surface area contributed by atoms with Gasteiger partial charge in [-0.25, -0.2) is 0 Å². The molecule has 136 valence electrons. The van der Waals surface area contributed by atoms with E-state index in [4.69, 9.17) is 9.47 Å². The number of benzene rings is 2. The van der Waals surface area contributed by atoms with Gasteiger partial charge in [0.2, 0.25) is 5.91 Å². The van der Waals surface area contributed by atoms with Crippen LogP contribution in [-0.4, -0.2) is 37.6 Å². The number of carbonyl (C=O) groups is 1. The first-order chi connectivity index (χ1) is 12.7. The van der Waals surface area contributed by atoms with Gasteiger partial charge in [-0.05, 0) is 48.4 Å². The molecule has 0 aromatic heterocycles. The summed E-state index contributed by atoms with van der Waals surface area (Å²) in [4.78, 5) is 14.8. The van der Waals surface area contributed by atoms with Crippen LogP contribution in [0.2, 0.25) is 0 Å². The number of hydrogen-bond acceptors (Lipinski definition) is 3. The molecule has 4 nitrogen and oxygen atoms in total. The van der Waals surface area contributed by atoms with Gasteiger partial charge in [-0.2, -0.15) is 0 Å². The van der Waals surface area contributed by atoms with Crippen LogP contribution < -0.4 is 9.47 Å². The molecule has 4 heteroatoms. The van der Waals surface area contributed by atoms with Gasteiger partial charge >= 0.3 is 0 Å². The number of ether oxygens (including phenoxy) is 2. The van der Waals surface area contributed by atoms with Crippen molar-refractivity contribution in [2.24, 2.45) is 11.8 Å². The van der Waals surface area contributed by atoms with Crippen molar-refractivity contribution in [2.45, 2.75) is 25.3 Å². The minimum Gasteiger partial charge on any atom is -0.493 e. The Morgan fingerprint density at radius 2 is 1.77 bits per heavy atom. The summed E-state index contributed by atoms with van der Waals surface area (Å²) in [7, 11) is 3.29. The zero-order valence-electron chi connectivity index (χ0n) is 15.4. The first-order valence-corrected chi connectivity index (χ1v) is 9.26. The van der Waals surface area contributed by atoms with Gasteiger partial charge < -0.3 is 14.4 Å².